The highest BCUT2D eigenvalue weighted by atomic mass is 79.9. The van der Waals surface area contributed by atoms with Crippen LogP contribution in [-0.2, 0) is 0 Å². The van der Waals surface area contributed by atoms with E-state index in [2.05, 4.69) is 15.9 Å². The van der Waals surface area contributed by atoms with Crippen molar-refractivity contribution in [2.45, 2.75) is 0 Å². The van der Waals surface area contributed by atoms with Gasteiger partial charge in [0.1, 0.15) is 0 Å². The normalized spacial score (nSPS) is 10.0. The maximum Gasteiger partial charge on any atom is 0.343 e. The van der Waals surface area contributed by atoms with Gasteiger partial charge in [-0.2, -0.15) is 0 Å². The van der Waals surface area contributed by atoms with Crippen LogP contribution < -0.4 is 4.74 Å². The van der Waals surface area contributed by atoms with E-state index in [1.165, 1.54) is 12.1 Å². The van der Waals surface area contributed by atoms with E-state index in [9.17, 15) is 9.18 Å². The molecule has 0 aliphatic heterocycles. The van der Waals surface area contributed by atoms with Gasteiger partial charge >= 0.3 is 5.97 Å². The smallest absolute Gasteiger partial charge is 0.343 e. The molecule has 0 aliphatic rings. The molecule has 0 saturated heterocycles. The van der Waals surface area contributed by atoms with E-state index in [0.717, 1.165) is 0 Å². The van der Waals surface area contributed by atoms with E-state index in [-0.39, 0.29) is 10.2 Å². The summed E-state index contributed by atoms with van der Waals surface area (Å²) in [5.74, 6) is -1.26. The number of carbonyl (C=O) groups is 1. The molecule has 2 aromatic carbocycles. The summed E-state index contributed by atoms with van der Waals surface area (Å²) in [6, 6.07) is 13.0. The Bertz CT molecular complexity index is 540. The molecule has 86 valence electrons. The fraction of sp³-hybridized carbons (Fsp3) is 0. The average Bonchev–Trinajstić information content (AvgIpc) is 2.36. The second-order valence-electron chi connectivity index (χ2n) is 3.31. The molecule has 0 fully saturated rings. The monoisotopic (exact) mass is 294 g/mol. The predicted octanol–water partition coefficient (Wildman–Crippen LogP) is 3.81. The van der Waals surface area contributed by atoms with Crippen LogP contribution >= 0.6 is 15.9 Å². The molecule has 0 N–H and O–H groups in total. The van der Waals surface area contributed by atoms with Gasteiger partial charge in [-0.15, -0.1) is 0 Å². The summed E-state index contributed by atoms with van der Waals surface area (Å²) in [4.78, 5) is 11.7. The highest BCUT2D eigenvalue weighted by Gasteiger charge is 2.12. The molecule has 2 nitrogen and oxygen atoms in total. The van der Waals surface area contributed by atoms with E-state index in [1.807, 2.05) is 0 Å². The van der Waals surface area contributed by atoms with Gasteiger partial charge in [-0.3, -0.25) is 0 Å². The second kappa shape index (κ2) is 5.10. The molecule has 0 bridgehead atoms. The molecule has 4 heteroatoms. The van der Waals surface area contributed by atoms with Crippen LogP contribution in [0.5, 0.6) is 5.75 Å². The molecule has 0 heterocycles. The highest BCUT2D eigenvalue weighted by Crippen LogP contribution is 2.25. The lowest BCUT2D eigenvalue weighted by molar-refractivity contribution is 0.0727. The van der Waals surface area contributed by atoms with Gasteiger partial charge in [0.05, 0.1) is 10.0 Å². The van der Waals surface area contributed by atoms with Gasteiger partial charge in [-0.05, 0) is 40.2 Å². The van der Waals surface area contributed by atoms with Crippen LogP contribution in [-0.4, -0.2) is 5.97 Å². The predicted molar refractivity (Wildman–Crippen MR) is 65.5 cm³/mol. The van der Waals surface area contributed by atoms with Crippen molar-refractivity contribution in [1.29, 1.82) is 0 Å². The van der Waals surface area contributed by atoms with Gasteiger partial charge in [-0.25, -0.2) is 9.18 Å². The summed E-state index contributed by atoms with van der Waals surface area (Å²) < 4.78 is 18.8. The fourth-order valence-corrected chi connectivity index (χ4v) is 1.64. The third-order valence-electron chi connectivity index (χ3n) is 2.13. The van der Waals surface area contributed by atoms with Gasteiger partial charge < -0.3 is 4.74 Å². The first-order valence-corrected chi connectivity index (χ1v) is 5.69. The van der Waals surface area contributed by atoms with Crippen molar-refractivity contribution in [1.82, 2.24) is 0 Å². The first kappa shape index (κ1) is 11.8. The SMILES string of the molecule is O=C(Oc1cccc(Br)c1F)c1ccccc1. The maximum absolute atomic E-state index is 13.6. The van der Waals surface area contributed by atoms with E-state index in [4.69, 9.17) is 4.74 Å². The van der Waals surface area contributed by atoms with Crippen molar-refractivity contribution < 1.29 is 13.9 Å². The number of ether oxygens (including phenoxy) is 1. The van der Waals surface area contributed by atoms with Crippen molar-refractivity contribution in [2.24, 2.45) is 0 Å². The van der Waals surface area contributed by atoms with Crippen molar-refractivity contribution in [3.05, 3.63) is 64.4 Å². The molecule has 0 radical (unpaired) electrons. The van der Waals surface area contributed by atoms with Gasteiger partial charge in [-0.1, -0.05) is 24.3 Å². The first-order chi connectivity index (χ1) is 8.18. The van der Waals surface area contributed by atoms with Gasteiger partial charge in [0.2, 0.25) is 0 Å². The Morgan fingerprint density at radius 1 is 1.06 bits per heavy atom. The molecule has 0 amide bonds. The quantitative estimate of drug-likeness (QED) is 0.622. The summed E-state index contributed by atoms with van der Waals surface area (Å²) in [6.45, 7) is 0. The number of hydrogen-bond donors (Lipinski definition) is 0. The highest BCUT2D eigenvalue weighted by molar-refractivity contribution is 9.10. The number of halogens is 2. The van der Waals surface area contributed by atoms with Crippen LogP contribution in [0, 0.1) is 5.82 Å². The van der Waals surface area contributed by atoms with Crippen LogP contribution in [0.15, 0.2) is 53.0 Å². The minimum Gasteiger partial charge on any atom is -0.420 e. The number of rotatable bonds is 2. The third-order valence-corrected chi connectivity index (χ3v) is 2.74. The van der Waals surface area contributed by atoms with Gasteiger partial charge in [0.25, 0.3) is 0 Å². The second-order valence-corrected chi connectivity index (χ2v) is 4.16. The molecule has 0 atom stereocenters. The van der Waals surface area contributed by atoms with Crippen molar-refractivity contribution in [3.8, 4) is 5.75 Å². The lowest BCUT2D eigenvalue weighted by Crippen LogP contribution is -2.09. The van der Waals surface area contributed by atoms with Crippen LogP contribution in [0.25, 0.3) is 0 Å². The van der Waals surface area contributed by atoms with E-state index in [0.29, 0.717) is 5.56 Å². The minimum atomic E-state index is -0.586. The summed E-state index contributed by atoms with van der Waals surface area (Å²) in [6.07, 6.45) is 0. The Morgan fingerprint density at radius 2 is 1.76 bits per heavy atom. The van der Waals surface area contributed by atoms with Crippen LogP contribution in [0.4, 0.5) is 4.39 Å². The summed E-state index contributed by atoms with van der Waals surface area (Å²) >= 11 is 3.03. The van der Waals surface area contributed by atoms with E-state index >= 15 is 0 Å². The lowest BCUT2D eigenvalue weighted by atomic mass is 10.2. The number of benzene rings is 2. The molecule has 0 aliphatic carbocycles. The van der Waals surface area contributed by atoms with E-state index < -0.39 is 11.8 Å². The number of esters is 1. The third kappa shape index (κ3) is 2.71. The fourth-order valence-electron chi connectivity index (χ4n) is 1.30. The topological polar surface area (TPSA) is 26.3 Å². The molecule has 0 spiro atoms. The number of carbonyl (C=O) groups excluding carboxylic acids is 1. The largest absolute Gasteiger partial charge is 0.420 e. The van der Waals surface area contributed by atoms with Gasteiger partial charge in [0.15, 0.2) is 11.6 Å². The Labute approximate surface area is 106 Å². The minimum absolute atomic E-state index is 0.0896. The Kier molecular flexibility index (Phi) is 3.54. The molecule has 2 rings (SSSR count). The molecular formula is C13H8BrFO2. The van der Waals surface area contributed by atoms with E-state index in [1.54, 1.807) is 36.4 Å². The van der Waals surface area contributed by atoms with Crippen molar-refractivity contribution in [2.75, 3.05) is 0 Å². The molecule has 0 unspecified atom stereocenters. The van der Waals surface area contributed by atoms with Crippen LogP contribution in [0.1, 0.15) is 10.4 Å². The number of hydrogen-bond acceptors (Lipinski definition) is 2. The molecule has 2 aromatic rings. The summed E-state index contributed by atoms with van der Waals surface area (Å²) in [5, 5.41) is 0. The molecule has 17 heavy (non-hydrogen) atoms. The summed E-state index contributed by atoms with van der Waals surface area (Å²) in [7, 11) is 0. The summed E-state index contributed by atoms with van der Waals surface area (Å²) in [5.41, 5.74) is 0.381. The zero-order valence-electron chi connectivity index (χ0n) is 8.69. The maximum atomic E-state index is 13.6. The zero-order chi connectivity index (χ0) is 12.3. The lowest BCUT2D eigenvalue weighted by Gasteiger charge is -2.05. The van der Waals surface area contributed by atoms with Crippen LogP contribution in [0.2, 0.25) is 0 Å². The standard InChI is InChI=1S/C13H8BrFO2/c14-10-7-4-8-11(12(10)15)17-13(16)9-5-2-1-3-6-9/h1-8H. The average molecular weight is 295 g/mol. The van der Waals surface area contributed by atoms with Crippen molar-refractivity contribution >= 4 is 21.9 Å². The Hall–Kier alpha value is -1.68. The zero-order valence-corrected chi connectivity index (χ0v) is 10.3. The molecule has 0 saturated carbocycles. The van der Waals surface area contributed by atoms with Crippen molar-refractivity contribution in [3.63, 3.8) is 0 Å². The Morgan fingerprint density at radius 3 is 2.47 bits per heavy atom. The first-order valence-electron chi connectivity index (χ1n) is 4.90. The Balaban J connectivity index is 2.22. The molecular weight excluding hydrogens is 287 g/mol. The van der Waals surface area contributed by atoms with Crippen LogP contribution in [0.3, 0.4) is 0 Å². The molecule has 0 aromatic heterocycles. The van der Waals surface area contributed by atoms with Gasteiger partial charge in [0, 0.05) is 0 Å².